The van der Waals surface area contributed by atoms with Gasteiger partial charge in [-0.3, -0.25) is 9.05 Å². The molecule has 0 N–H and O–H groups in total. The van der Waals surface area contributed by atoms with E-state index in [1.165, 1.54) is 0 Å². The molecule has 0 aliphatic rings. The molecule has 6 nitrogen and oxygen atoms in total. The van der Waals surface area contributed by atoms with Gasteiger partial charge in [-0.1, -0.05) is 36.4 Å². The van der Waals surface area contributed by atoms with Crippen LogP contribution in [-0.2, 0) is 26.5 Å². The molecule has 21 heavy (non-hydrogen) atoms. The summed E-state index contributed by atoms with van der Waals surface area (Å²) in [5.41, 5.74) is 0. The van der Waals surface area contributed by atoms with E-state index >= 15 is 0 Å². The minimum Gasteiger partial charge on any atom is -0.558 e. The van der Waals surface area contributed by atoms with E-state index in [1.54, 1.807) is 60.7 Å². The van der Waals surface area contributed by atoms with Crippen molar-refractivity contribution in [3.05, 3.63) is 60.7 Å². The monoisotopic (exact) mass is 364 g/mol. The number of rotatable bonds is 4. The van der Waals surface area contributed by atoms with Gasteiger partial charge < -0.3 is 9.79 Å². The predicted octanol–water partition coefficient (Wildman–Crippen LogP) is 2.16. The topological polar surface area (TPSA) is 98.7 Å². The molecule has 0 aliphatic heterocycles. The minimum absolute atomic E-state index is 0. The maximum atomic E-state index is 9.98. The third kappa shape index (κ3) is 10.1. The van der Waals surface area contributed by atoms with Crippen LogP contribution in [0.2, 0.25) is 0 Å². The summed E-state index contributed by atoms with van der Waals surface area (Å²) in [5.74, 6) is 0.692. The van der Waals surface area contributed by atoms with Crippen LogP contribution in [0.15, 0.2) is 60.7 Å². The van der Waals surface area contributed by atoms with Crippen LogP contribution in [0.1, 0.15) is 0 Å². The van der Waals surface area contributed by atoms with Gasteiger partial charge in [-0.05, 0) is 33.4 Å². The molecular weight excluding hydrogens is 354 g/mol. The molecule has 108 valence electrons. The molecule has 0 spiro atoms. The van der Waals surface area contributed by atoms with E-state index in [1.807, 2.05) is 0 Å². The van der Waals surface area contributed by atoms with Crippen molar-refractivity contribution in [3.63, 3.8) is 0 Å². The molecule has 0 fully saturated rings. The predicted molar refractivity (Wildman–Crippen MR) is 69.4 cm³/mol. The first-order valence-electron chi connectivity index (χ1n) is 5.33. The summed E-state index contributed by atoms with van der Waals surface area (Å²) in [4.78, 5) is 20.0. The van der Waals surface area contributed by atoms with Crippen LogP contribution in [0.3, 0.4) is 0 Å². The fourth-order valence-corrected chi connectivity index (χ4v) is 1.72. The maximum absolute atomic E-state index is 9.98. The Morgan fingerprint density at radius 1 is 0.667 bits per heavy atom. The number of para-hydroxylation sites is 2. The fourth-order valence-electron chi connectivity index (χ4n) is 1.13. The van der Waals surface area contributed by atoms with Crippen LogP contribution in [0.25, 0.3) is 0 Å². The summed E-state index contributed by atoms with van der Waals surface area (Å²) in [5, 5.41) is 0. The summed E-state index contributed by atoms with van der Waals surface area (Å²) in [6.07, 6.45) is 0. The quantitative estimate of drug-likeness (QED) is 0.771. The van der Waals surface area contributed by atoms with Crippen molar-refractivity contribution >= 4 is 16.5 Å². The normalized spacial score (nSPS) is 10.2. The second kappa shape index (κ2) is 11.4. The Balaban J connectivity index is 0.000000364. The zero-order valence-electron chi connectivity index (χ0n) is 10.5. The van der Waals surface area contributed by atoms with E-state index in [0.717, 1.165) is 0 Å². The van der Waals surface area contributed by atoms with E-state index in [9.17, 15) is 18.9 Å². The van der Waals surface area contributed by atoms with Crippen LogP contribution < -0.4 is 18.8 Å². The Hall–Kier alpha value is -1.31. The molecule has 2 aromatic carbocycles. The van der Waals surface area contributed by atoms with Gasteiger partial charge >= 0.3 is 33.9 Å². The summed E-state index contributed by atoms with van der Waals surface area (Å²) in [6, 6.07) is 16.7. The van der Waals surface area contributed by atoms with Crippen molar-refractivity contribution in [3.8, 4) is 11.5 Å². The SMILES string of the molecule is O=[P+]([O-])Oc1ccccc1.O=[P+]([O-])Oc1ccccc1.[Cr+2]. The fraction of sp³-hybridized carbons (Fsp3) is 0. The van der Waals surface area contributed by atoms with E-state index in [4.69, 9.17) is 0 Å². The molecule has 0 aromatic heterocycles. The Kier molecular flexibility index (Phi) is 10.7. The molecule has 2 aromatic rings. The molecule has 0 amide bonds. The third-order valence-corrected chi connectivity index (χ3v) is 2.57. The van der Waals surface area contributed by atoms with Crippen molar-refractivity contribution in [1.82, 2.24) is 0 Å². The van der Waals surface area contributed by atoms with Crippen molar-refractivity contribution in [1.29, 1.82) is 0 Å². The van der Waals surface area contributed by atoms with E-state index in [0.29, 0.717) is 11.5 Å². The summed E-state index contributed by atoms with van der Waals surface area (Å²) in [7, 11) is -5.55. The first kappa shape index (κ1) is 19.7. The summed E-state index contributed by atoms with van der Waals surface area (Å²) in [6.45, 7) is 0. The molecule has 9 heteroatoms. The van der Waals surface area contributed by atoms with Gasteiger partial charge in [0.05, 0.1) is 0 Å². The van der Waals surface area contributed by atoms with Crippen LogP contribution in [-0.4, -0.2) is 0 Å². The molecule has 2 atom stereocenters. The minimum atomic E-state index is -2.78. The van der Waals surface area contributed by atoms with E-state index < -0.39 is 16.5 Å². The second-order valence-electron chi connectivity index (χ2n) is 3.26. The van der Waals surface area contributed by atoms with Gasteiger partial charge in [0.15, 0.2) is 11.5 Å². The second-order valence-corrected chi connectivity index (χ2v) is 4.52. The van der Waals surface area contributed by atoms with Crippen molar-refractivity contribution in [2.24, 2.45) is 0 Å². The molecule has 0 saturated carbocycles. The molecule has 0 radical (unpaired) electrons. The van der Waals surface area contributed by atoms with Gasteiger partial charge in [0.1, 0.15) is 0 Å². The summed E-state index contributed by atoms with van der Waals surface area (Å²) >= 11 is 0. The molecule has 0 saturated heterocycles. The molecule has 0 heterocycles. The largest absolute Gasteiger partial charge is 2.00 e. The average molecular weight is 364 g/mol. The molecule has 2 rings (SSSR count). The maximum Gasteiger partial charge on any atom is 2.00 e. The van der Waals surface area contributed by atoms with E-state index in [-0.39, 0.29) is 17.4 Å². The standard InChI is InChI=1S/2C6H5O3P.Cr/c2*7-10(8)9-6-4-2-1-3-5-6;/h2*1-5H;/q;;+2. The first-order valence-corrected chi connectivity index (χ1v) is 7.52. The molecule has 0 aliphatic carbocycles. The van der Waals surface area contributed by atoms with Crippen LogP contribution in [0.4, 0.5) is 0 Å². The van der Waals surface area contributed by atoms with Gasteiger partial charge in [-0.2, -0.15) is 0 Å². The molecular formula is C12H10CrO6P2+2. The van der Waals surface area contributed by atoms with Crippen molar-refractivity contribution < 1.29 is 45.3 Å². The Morgan fingerprint density at radius 2 is 0.952 bits per heavy atom. The Labute approximate surface area is 134 Å². The molecule has 0 bridgehead atoms. The zero-order valence-corrected chi connectivity index (χ0v) is 13.6. The Morgan fingerprint density at radius 3 is 1.19 bits per heavy atom. The van der Waals surface area contributed by atoms with Crippen LogP contribution >= 0.6 is 16.5 Å². The van der Waals surface area contributed by atoms with Gasteiger partial charge in [0, 0.05) is 0 Å². The average Bonchev–Trinajstić information content (AvgIpc) is 2.40. The Bertz CT molecular complexity index is 501. The van der Waals surface area contributed by atoms with E-state index in [2.05, 4.69) is 9.05 Å². The third-order valence-electron chi connectivity index (χ3n) is 1.85. The first-order chi connectivity index (χ1) is 9.58. The van der Waals surface area contributed by atoms with Gasteiger partial charge in [0.25, 0.3) is 0 Å². The number of benzene rings is 2. The van der Waals surface area contributed by atoms with Gasteiger partial charge in [0.2, 0.25) is 0 Å². The number of hydrogen-bond acceptors (Lipinski definition) is 6. The summed E-state index contributed by atoms with van der Waals surface area (Å²) < 4.78 is 28.7. The number of hydrogen-bond donors (Lipinski definition) is 0. The zero-order chi connectivity index (χ0) is 14.8. The van der Waals surface area contributed by atoms with Gasteiger partial charge in [-0.15, -0.1) is 0 Å². The smallest absolute Gasteiger partial charge is 0.558 e. The van der Waals surface area contributed by atoms with Crippen LogP contribution in [0.5, 0.6) is 11.5 Å². The van der Waals surface area contributed by atoms with Crippen molar-refractivity contribution in [2.75, 3.05) is 0 Å². The van der Waals surface area contributed by atoms with Crippen molar-refractivity contribution in [2.45, 2.75) is 0 Å². The van der Waals surface area contributed by atoms with Crippen LogP contribution in [0, 0.1) is 0 Å². The van der Waals surface area contributed by atoms with Gasteiger partial charge in [-0.25, -0.2) is 0 Å². The molecule has 2 unspecified atom stereocenters.